The van der Waals surface area contributed by atoms with Crippen LogP contribution in [-0.4, -0.2) is 15.0 Å². The Morgan fingerprint density at radius 1 is 1.06 bits per heavy atom. The number of aromatic nitrogens is 3. The first-order valence-electron chi connectivity index (χ1n) is 6.58. The van der Waals surface area contributed by atoms with Crippen LogP contribution in [0.15, 0.2) is 0 Å². The Bertz CT molecular complexity index is 364. The topological polar surface area (TPSA) is 30.7 Å². The largest absolute Gasteiger partial charge is 0.249 e. The van der Waals surface area contributed by atoms with Crippen LogP contribution in [0.25, 0.3) is 0 Å². The molecule has 17 heavy (non-hydrogen) atoms. The SMILES string of the molecule is CCCn1nnc(CC(C)(C)C)c1C(C)(C)C. The highest BCUT2D eigenvalue weighted by molar-refractivity contribution is 5.20. The average molecular weight is 237 g/mol. The lowest BCUT2D eigenvalue weighted by atomic mass is 9.84. The maximum atomic E-state index is 4.40. The molecule has 0 spiro atoms. The molecule has 0 amide bonds. The van der Waals surface area contributed by atoms with Crippen molar-refractivity contribution in [3.63, 3.8) is 0 Å². The van der Waals surface area contributed by atoms with Crippen LogP contribution >= 0.6 is 0 Å². The third-order valence-corrected chi connectivity index (χ3v) is 2.65. The van der Waals surface area contributed by atoms with Gasteiger partial charge in [-0.25, -0.2) is 4.68 Å². The van der Waals surface area contributed by atoms with Crippen LogP contribution in [0, 0.1) is 5.41 Å². The molecule has 0 N–H and O–H groups in total. The Hall–Kier alpha value is -0.860. The number of rotatable bonds is 3. The molecule has 3 heteroatoms. The highest BCUT2D eigenvalue weighted by atomic mass is 15.4. The standard InChI is InChI=1S/C14H27N3/c1-8-9-17-12(14(5,6)7)11(15-16-17)10-13(2,3)4/h8-10H2,1-7H3. The van der Waals surface area contributed by atoms with E-state index in [0.717, 1.165) is 19.4 Å². The molecule has 0 aliphatic rings. The Morgan fingerprint density at radius 3 is 2.06 bits per heavy atom. The molecule has 0 aliphatic carbocycles. The van der Waals surface area contributed by atoms with Gasteiger partial charge in [0.25, 0.3) is 0 Å². The van der Waals surface area contributed by atoms with Gasteiger partial charge in [0.1, 0.15) is 0 Å². The molecule has 1 heterocycles. The molecule has 0 unspecified atom stereocenters. The van der Waals surface area contributed by atoms with Crippen molar-refractivity contribution in [3.8, 4) is 0 Å². The Labute approximate surface area is 106 Å². The van der Waals surface area contributed by atoms with Crippen molar-refractivity contribution in [1.29, 1.82) is 0 Å². The van der Waals surface area contributed by atoms with Crippen molar-refractivity contribution in [2.75, 3.05) is 0 Å². The van der Waals surface area contributed by atoms with Crippen LogP contribution in [0.5, 0.6) is 0 Å². The summed E-state index contributed by atoms with van der Waals surface area (Å²) in [4.78, 5) is 0. The van der Waals surface area contributed by atoms with E-state index in [1.165, 1.54) is 11.4 Å². The van der Waals surface area contributed by atoms with Crippen molar-refractivity contribution in [1.82, 2.24) is 15.0 Å². The van der Waals surface area contributed by atoms with Crippen LogP contribution in [0.4, 0.5) is 0 Å². The van der Waals surface area contributed by atoms with Crippen LogP contribution in [0.2, 0.25) is 0 Å². The zero-order chi connectivity index (χ0) is 13.3. The second kappa shape index (κ2) is 4.79. The molecule has 1 aromatic heterocycles. The Kier molecular flexibility index (Phi) is 4.00. The quantitative estimate of drug-likeness (QED) is 0.804. The van der Waals surface area contributed by atoms with E-state index in [-0.39, 0.29) is 10.8 Å². The molecular weight excluding hydrogens is 210 g/mol. The van der Waals surface area contributed by atoms with Gasteiger partial charge in [-0.05, 0) is 18.3 Å². The average Bonchev–Trinajstić information content (AvgIpc) is 2.44. The summed E-state index contributed by atoms with van der Waals surface area (Å²) in [5.74, 6) is 0. The van der Waals surface area contributed by atoms with E-state index < -0.39 is 0 Å². The van der Waals surface area contributed by atoms with Gasteiger partial charge in [0.05, 0.1) is 11.4 Å². The molecule has 0 aromatic carbocycles. The van der Waals surface area contributed by atoms with E-state index in [1.54, 1.807) is 0 Å². The lowest BCUT2D eigenvalue weighted by Crippen LogP contribution is -2.22. The molecule has 0 bridgehead atoms. The van der Waals surface area contributed by atoms with Gasteiger partial charge in [-0.3, -0.25) is 0 Å². The minimum absolute atomic E-state index is 0.110. The van der Waals surface area contributed by atoms with Gasteiger partial charge in [0.15, 0.2) is 0 Å². The fourth-order valence-electron chi connectivity index (χ4n) is 2.16. The molecule has 1 aromatic rings. The number of hydrogen-bond donors (Lipinski definition) is 0. The van der Waals surface area contributed by atoms with E-state index in [0.29, 0.717) is 0 Å². The lowest BCUT2D eigenvalue weighted by Gasteiger charge is -2.24. The number of nitrogens with zero attached hydrogens (tertiary/aromatic N) is 3. The normalized spacial score (nSPS) is 13.1. The second-order valence-corrected chi connectivity index (χ2v) is 7.10. The zero-order valence-electron chi connectivity index (χ0n) is 12.5. The molecule has 0 fully saturated rings. The minimum Gasteiger partial charge on any atom is -0.249 e. The van der Waals surface area contributed by atoms with Crippen LogP contribution in [0.1, 0.15) is 66.3 Å². The van der Waals surface area contributed by atoms with Gasteiger partial charge in [-0.1, -0.05) is 53.7 Å². The van der Waals surface area contributed by atoms with Gasteiger partial charge < -0.3 is 0 Å². The molecular formula is C14H27N3. The number of aryl methyl sites for hydroxylation is 1. The molecule has 0 radical (unpaired) electrons. The maximum Gasteiger partial charge on any atom is 0.0869 e. The summed E-state index contributed by atoms with van der Waals surface area (Å²) >= 11 is 0. The first kappa shape index (κ1) is 14.2. The minimum atomic E-state index is 0.110. The zero-order valence-corrected chi connectivity index (χ0v) is 12.5. The van der Waals surface area contributed by atoms with Crippen molar-refractivity contribution >= 4 is 0 Å². The highest BCUT2D eigenvalue weighted by Gasteiger charge is 2.27. The van der Waals surface area contributed by atoms with Gasteiger partial charge in [-0.2, -0.15) is 0 Å². The fraction of sp³-hybridized carbons (Fsp3) is 0.857. The Morgan fingerprint density at radius 2 is 1.65 bits per heavy atom. The predicted octanol–water partition coefficient (Wildman–Crippen LogP) is 3.57. The van der Waals surface area contributed by atoms with E-state index in [4.69, 9.17) is 0 Å². The van der Waals surface area contributed by atoms with E-state index >= 15 is 0 Å². The van der Waals surface area contributed by atoms with E-state index in [2.05, 4.69) is 63.5 Å². The highest BCUT2D eigenvalue weighted by Crippen LogP contribution is 2.29. The first-order chi connectivity index (χ1) is 7.65. The van der Waals surface area contributed by atoms with Crippen molar-refractivity contribution in [2.45, 2.75) is 73.3 Å². The van der Waals surface area contributed by atoms with Gasteiger partial charge in [-0.15, -0.1) is 5.10 Å². The lowest BCUT2D eigenvalue weighted by molar-refractivity contribution is 0.398. The van der Waals surface area contributed by atoms with Crippen LogP contribution < -0.4 is 0 Å². The molecule has 0 saturated carbocycles. The summed E-state index contributed by atoms with van der Waals surface area (Å²) in [6, 6.07) is 0. The van der Waals surface area contributed by atoms with Crippen molar-refractivity contribution < 1.29 is 0 Å². The van der Waals surface area contributed by atoms with Gasteiger partial charge >= 0.3 is 0 Å². The monoisotopic (exact) mass is 237 g/mol. The first-order valence-corrected chi connectivity index (χ1v) is 6.58. The van der Waals surface area contributed by atoms with Crippen molar-refractivity contribution in [2.24, 2.45) is 5.41 Å². The Balaban J connectivity index is 3.14. The smallest absolute Gasteiger partial charge is 0.0869 e. The van der Waals surface area contributed by atoms with Crippen LogP contribution in [0.3, 0.4) is 0 Å². The second-order valence-electron chi connectivity index (χ2n) is 7.10. The summed E-state index contributed by atoms with van der Waals surface area (Å²) in [5, 5.41) is 8.72. The molecule has 1 rings (SSSR count). The van der Waals surface area contributed by atoms with Crippen molar-refractivity contribution in [3.05, 3.63) is 11.4 Å². The van der Waals surface area contributed by atoms with Gasteiger partial charge in [0, 0.05) is 12.0 Å². The fourth-order valence-corrected chi connectivity index (χ4v) is 2.16. The van der Waals surface area contributed by atoms with Crippen LogP contribution in [-0.2, 0) is 18.4 Å². The third kappa shape index (κ3) is 3.83. The van der Waals surface area contributed by atoms with Gasteiger partial charge in [0.2, 0.25) is 0 Å². The van der Waals surface area contributed by atoms with E-state index in [1.807, 2.05) is 0 Å². The third-order valence-electron chi connectivity index (χ3n) is 2.65. The summed E-state index contributed by atoms with van der Waals surface area (Å²) < 4.78 is 2.08. The predicted molar refractivity (Wildman–Crippen MR) is 72.2 cm³/mol. The molecule has 3 nitrogen and oxygen atoms in total. The molecule has 0 saturated heterocycles. The molecule has 0 aliphatic heterocycles. The number of hydrogen-bond acceptors (Lipinski definition) is 2. The maximum absolute atomic E-state index is 4.40. The summed E-state index contributed by atoms with van der Waals surface area (Å²) in [5.41, 5.74) is 2.83. The molecule has 98 valence electrons. The summed E-state index contributed by atoms with van der Waals surface area (Å²) in [7, 11) is 0. The molecule has 0 atom stereocenters. The summed E-state index contributed by atoms with van der Waals surface area (Å²) in [6.45, 7) is 16.6. The van der Waals surface area contributed by atoms with E-state index in [9.17, 15) is 0 Å². The summed E-state index contributed by atoms with van der Waals surface area (Å²) in [6.07, 6.45) is 2.09.